The molecule has 0 fully saturated rings. The smallest absolute Gasteiger partial charge is 0.266 e. The normalized spacial score (nSPS) is 12.2. The zero-order chi connectivity index (χ0) is 26.1. The molecular weight excluding hydrogens is 458 g/mol. The lowest BCUT2D eigenvalue weighted by molar-refractivity contribution is 0.0654. The first-order valence-electron chi connectivity index (χ1n) is 12.7. The molecule has 4 aromatic carbocycles. The molecule has 5 nitrogen and oxygen atoms in total. The SMILES string of the molecule is Cc1ccccc1C(=O)N(CC(C)C)C(C)c1nc2ccccc2c(=O)n1-c1ccc2ccccc2c1. The second-order valence-electron chi connectivity index (χ2n) is 10.0. The maximum Gasteiger partial charge on any atom is 0.266 e. The van der Waals surface area contributed by atoms with Gasteiger partial charge in [-0.1, -0.05) is 74.5 Å². The first-order chi connectivity index (χ1) is 17.8. The third kappa shape index (κ3) is 4.65. The molecule has 1 heterocycles. The van der Waals surface area contributed by atoms with Gasteiger partial charge in [-0.3, -0.25) is 14.2 Å². The zero-order valence-electron chi connectivity index (χ0n) is 21.7. The molecule has 0 aliphatic carbocycles. The van der Waals surface area contributed by atoms with Gasteiger partial charge in [-0.2, -0.15) is 0 Å². The Labute approximate surface area is 217 Å². The molecule has 1 atom stereocenters. The van der Waals surface area contributed by atoms with Gasteiger partial charge in [0.05, 0.1) is 22.6 Å². The quantitative estimate of drug-likeness (QED) is 0.266. The molecule has 1 aromatic heterocycles. The van der Waals surface area contributed by atoms with Crippen molar-refractivity contribution in [3.8, 4) is 5.69 Å². The Kier molecular flexibility index (Phi) is 6.62. The first-order valence-corrected chi connectivity index (χ1v) is 12.7. The number of hydrogen-bond acceptors (Lipinski definition) is 3. The van der Waals surface area contributed by atoms with E-state index in [1.807, 2.05) is 97.6 Å². The van der Waals surface area contributed by atoms with Gasteiger partial charge in [-0.25, -0.2) is 4.98 Å². The van der Waals surface area contributed by atoms with E-state index in [1.54, 1.807) is 10.6 Å². The van der Waals surface area contributed by atoms with E-state index in [4.69, 9.17) is 4.98 Å². The summed E-state index contributed by atoms with van der Waals surface area (Å²) in [6.45, 7) is 8.64. The lowest BCUT2D eigenvalue weighted by atomic mass is 10.0. The van der Waals surface area contributed by atoms with Crippen molar-refractivity contribution in [2.75, 3.05) is 6.54 Å². The second-order valence-corrected chi connectivity index (χ2v) is 10.0. The van der Waals surface area contributed by atoms with E-state index in [0.29, 0.717) is 28.8 Å². The van der Waals surface area contributed by atoms with Crippen LogP contribution in [0.2, 0.25) is 0 Å². The molecule has 0 saturated carbocycles. The number of aryl methyl sites for hydroxylation is 1. The predicted molar refractivity (Wildman–Crippen MR) is 150 cm³/mol. The molecule has 1 unspecified atom stereocenters. The van der Waals surface area contributed by atoms with Crippen molar-refractivity contribution in [3.63, 3.8) is 0 Å². The van der Waals surface area contributed by atoms with Crippen LogP contribution in [0.15, 0.2) is 95.8 Å². The molecule has 37 heavy (non-hydrogen) atoms. The fourth-order valence-electron chi connectivity index (χ4n) is 4.91. The Hall–Kier alpha value is -4.25. The maximum atomic E-state index is 13.9. The number of para-hydroxylation sites is 1. The highest BCUT2D eigenvalue weighted by Crippen LogP contribution is 2.27. The summed E-state index contributed by atoms with van der Waals surface area (Å²) in [5, 5.41) is 2.68. The standard InChI is InChI=1S/C32H31N3O2/c1-21(2)20-34(31(36)27-14-8-5-11-22(27)3)23(4)30-33-29-16-10-9-15-28(29)32(37)35(30)26-18-17-24-12-6-7-13-25(24)19-26/h5-19,21,23H,20H2,1-4H3. The van der Waals surface area contributed by atoms with Gasteiger partial charge in [0.1, 0.15) is 5.82 Å². The lowest BCUT2D eigenvalue weighted by Crippen LogP contribution is -2.39. The van der Waals surface area contributed by atoms with Gasteiger partial charge in [-0.05, 0) is 66.4 Å². The van der Waals surface area contributed by atoms with Crippen molar-refractivity contribution in [2.24, 2.45) is 5.92 Å². The number of aromatic nitrogens is 2. The number of carbonyl (C=O) groups is 1. The Bertz CT molecular complexity index is 1670. The van der Waals surface area contributed by atoms with E-state index in [9.17, 15) is 9.59 Å². The van der Waals surface area contributed by atoms with E-state index in [2.05, 4.69) is 19.9 Å². The summed E-state index contributed by atoms with van der Waals surface area (Å²) >= 11 is 0. The molecule has 5 rings (SSSR count). The largest absolute Gasteiger partial charge is 0.328 e. The van der Waals surface area contributed by atoms with Crippen LogP contribution in [0.1, 0.15) is 48.6 Å². The van der Waals surface area contributed by atoms with Crippen molar-refractivity contribution < 1.29 is 4.79 Å². The fourth-order valence-corrected chi connectivity index (χ4v) is 4.91. The van der Waals surface area contributed by atoms with Gasteiger partial charge < -0.3 is 4.90 Å². The number of benzene rings is 4. The summed E-state index contributed by atoms with van der Waals surface area (Å²) in [6, 6.07) is 28.6. The van der Waals surface area contributed by atoms with Crippen LogP contribution in [0.25, 0.3) is 27.4 Å². The predicted octanol–water partition coefficient (Wildman–Crippen LogP) is 6.71. The van der Waals surface area contributed by atoms with E-state index in [1.165, 1.54) is 0 Å². The minimum atomic E-state index is -0.446. The van der Waals surface area contributed by atoms with Crippen LogP contribution in [-0.4, -0.2) is 26.9 Å². The Morgan fingerprint density at radius 1 is 0.865 bits per heavy atom. The molecule has 0 saturated heterocycles. The van der Waals surface area contributed by atoms with E-state index >= 15 is 0 Å². The summed E-state index contributed by atoms with van der Waals surface area (Å²) in [6.07, 6.45) is 0. The van der Waals surface area contributed by atoms with Gasteiger partial charge in [0.25, 0.3) is 11.5 Å². The van der Waals surface area contributed by atoms with Crippen LogP contribution >= 0.6 is 0 Å². The maximum absolute atomic E-state index is 13.9. The average molecular weight is 490 g/mol. The van der Waals surface area contributed by atoms with E-state index < -0.39 is 6.04 Å². The fraction of sp³-hybridized carbons (Fsp3) is 0.219. The van der Waals surface area contributed by atoms with Crippen molar-refractivity contribution >= 4 is 27.6 Å². The Morgan fingerprint density at radius 3 is 2.30 bits per heavy atom. The van der Waals surface area contributed by atoms with Crippen molar-refractivity contribution in [1.29, 1.82) is 0 Å². The summed E-state index contributed by atoms with van der Waals surface area (Å²) < 4.78 is 1.68. The van der Waals surface area contributed by atoms with Gasteiger partial charge in [-0.15, -0.1) is 0 Å². The minimum Gasteiger partial charge on any atom is -0.328 e. The minimum absolute atomic E-state index is 0.0632. The molecule has 0 aliphatic rings. The van der Waals surface area contributed by atoms with Gasteiger partial charge in [0.15, 0.2) is 0 Å². The van der Waals surface area contributed by atoms with Crippen LogP contribution in [0.3, 0.4) is 0 Å². The average Bonchev–Trinajstić information content (AvgIpc) is 2.91. The number of amides is 1. The monoisotopic (exact) mass is 489 g/mol. The molecule has 5 aromatic rings. The number of rotatable bonds is 6. The molecule has 186 valence electrons. The molecule has 0 bridgehead atoms. The Morgan fingerprint density at radius 2 is 1.54 bits per heavy atom. The van der Waals surface area contributed by atoms with E-state index in [0.717, 1.165) is 22.0 Å². The molecular formula is C32H31N3O2. The number of hydrogen-bond donors (Lipinski definition) is 0. The molecule has 5 heteroatoms. The van der Waals surface area contributed by atoms with Crippen LogP contribution in [0, 0.1) is 12.8 Å². The summed E-state index contributed by atoms with van der Waals surface area (Å²) in [4.78, 5) is 34.7. The molecule has 0 aliphatic heterocycles. The first kappa shape index (κ1) is 24.4. The number of carbonyl (C=O) groups excluding carboxylic acids is 1. The van der Waals surface area contributed by atoms with Crippen LogP contribution in [-0.2, 0) is 0 Å². The van der Waals surface area contributed by atoms with Crippen LogP contribution in [0.4, 0.5) is 0 Å². The Balaban J connectivity index is 1.73. The van der Waals surface area contributed by atoms with Crippen molar-refractivity contribution in [3.05, 3.63) is 118 Å². The summed E-state index contributed by atoms with van der Waals surface area (Å²) in [5.41, 5.74) is 2.80. The third-order valence-corrected chi connectivity index (χ3v) is 6.83. The van der Waals surface area contributed by atoms with Gasteiger partial charge >= 0.3 is 0 Å². The second kappa shape index (κ2) is 10.0. The molecule has 0 radical (unpaired) electrons. The number of fused-ring (bicyclic) bond motifs is 2. The van der Waals surface area contributed by atoms with Crippen molar-refractivity contribution in [2.45, 2.75) is 33.7 Å². The summed E-state index contributed by atoms with van der Waals surface area (Å²) in [5.74, 6) is 0.713. The van der Waals surface area contributed by atoms with Gasteiger partial charge in [0, 0.05) is 12.1 Å². The van der Waals surface area contributed by atoms with Crippen molar-refractivity contribution in [1.82, 2.24) is 14.5 Å². The highest BCUT2D eigenvalue weighted by molar-refractivity contribution is 5.96. The topological polar surface area (TPSA) is 55.2 Å². The molecule has 1 amide bonds. The number of nitrogens with zero attached hydrogens (tertiary/aromatic N) is 3. The van der Waals surface area contributed by atoms with Crippen LogP contribution in [0.5, 0.6) is 0 Å². The highest BCUT2D eigenvalue weighted by Gasteiger charge is 2.29. The molecule has 0 N–H and O–H groups in total. The third-order valence-electron chi connectivity index (χ3n) is 6.83. The summed E-state index contributed by atoms with van der Waals surface area (Å²) in [7, 11) is 0. The zero-order valence-corrected chi connectivity index (χ0v) is 21.7. The lowest BCUT2D eigenvalue weighted by Gasteiger charge is -2.32. The van der Waals surface area contributed by atoms with Gasteiger partial charge in [0.2, 0.25) is 0 Å². The van der Waals surface area contributed by atoms with Crippen LogP contribution < -0.4 is 5.56 Å². The van der Waals surface area contributed by atoms with E-state index in [-0.39, 0.29) is 17.4 Å². The molecule has 0 spiro atoms. The highest BCUT2D eigenvalue weighted by atomic mass is 16.2.